The number of ether oxygens (including phenoxy) is 2. The zero-order valence-corrected chi connectivity index (χ0v) is 11.2. The number of azide groups is 2. The van der Waals surface area contributed by atoms with Crippen molar-refractivity contribution < 1.29 is 28.9 Å². The lowest BCUT2D eigenvalue weighted by Crippen LogP contribution is -2.55. The highest BCUT2D eigenvalue weighted by atomic mass is 16.7. The van der Waals surface area contributed by atoms with Gasteiger partial charge in [-0.3, -0.25) is 29.8 Å². The molecule has 0 aromatic heterocycles. The van der Waals surface area contributed by atoms with Gasteiger partial charge in [-0.2, -0.15) is 0 Å². The van der Waals surface area contributed by atoms with E-state index in [1.807, 2.05) is 0 Å². The van der Waals surface area contributed by atoms with E-state index in [0.29, 0.717) is 0 Å². The molecule has 0 aromatic rings. The molecule has 0 radical (unpaired) electrons. The fraction of sp³-hybridized carbons (Fsp3) is 0.714. The lowest BCUT2D eigenvalue weighted by atomic mass is 10.2. The summed E-state index contributed by atoms with van der Waals surface area (Å²) < 4.78 is 8.57. The fourth-order valence-electron chi connectivity index (χ4n) is 0.981. The Hall–Kier alpha value is -3.64. The van der Waals surface area contributed by atoms with Gasteiger partial charge in [-0.15, -0.1) is 0 Å². The van der Waals surface area contributed by atoms with E-state index in [1.165, 1.54) is 0 Å². The quantitative estimate of drug-likeness (QED) is 0.0995. The average molecular weight is 332 g/mol. The molecule has 0 N–H and O–H groups in total. The SMILES string of the molecule is [N-]=[N+]=NCC(=O)OCC(COC(=O)CN=[N+]=[N-])([N+](=O)[O-])[N+](=O)[O-]. The molecule has 23 heavy (non-hydrogen) atoms. The number of hydrogen-bond acceptors (Lipinski definition) is 10. The van der Waals surface area contributed by atoms with E-state index in [9.17, 15) is 29.8 Å². The molecule has 0 unspecified atom stereocenters. The summed E-state index contributed by atoms with van der Waals surface area (Å²) in [5, 5.41) is 27.5. The molecule has 16 heteroatoms. The largest absolute Gasteiger partial charge is 0.523 e. The van der Waals surface area contributed by atoms with Gasteiger partial charge in [0.15, 0.2) is 0 Å². The van der Waals surface area contributed by atoms with Gasteiger partial charge in [-0.25, -0.2) is 0 Å². The number of carbonyl (C=O) groups excluding carboxylic acids is 2. The maximum absolute atomic E-state index is 11.1. The van der Waals surface area contributed by atoms with Gasteiger partial charge in [0, 0.05) is 9.82 Å². The maximum atomic E-state index is 11.1. The Morgan fingerprint density at radius 3 is 1.57 bits per heavy atom. The number of nitrogens with zero attached hydrogens (tertiary/aromatic N) is 8. The van der Waals surface area contributed by atoms with Crippen molar-refractivity contribution in [2.75, 3.05) is 26.3 Å². The second-order valence-electron chi connectivity index (χ2n) is 3.60. The Labute approximate surface area is 125 Å². The van der Waals surface area contributed by atoms with Crippen LogP contribution in [0.3, 0.4) is 0 Å². The predicted octanol–water partition coefficient (Wildman–Crippen LogP) is -0.0569. The summed E-state index contributed by atoms with van der Waals surface area (Å²) in [5.41, 5.74) is 12.8. The van der Waals surface area contributed by atoms with Crippen LogP contribution in [-0.2, 0) is 19.1 Å². The topological polar surface area (TPSA) is 236 Å². The standard InChI is InChI=1S/C7H8N8O8/c8-12-10-1-5(16)22-3-7(14(18)19,15(20)21)4-23-6(17)2-11-13-9/h1-4H2. The minimum atomic E-state index is -3.15. The molecule has 124 valence electrons. The predicted molar refractivity (Wildman–Crippen MR) is 66.7 cm³/mol. The molecule has 0 spiro atoms. The monoisotopic (exact) mass is 332 g/mol. The Kier molecular flexibility index (Phi) is 7.85. The van der Waals surface area contributed by atoms with Crippen LogP contribution in [0.25, 0.3) is 20.9 Å². The third-order valence-corrected chi connectivity index (χ3v) is 2.13. The number of rotatable bonds is 10. The average Bonchev–Trinajstić information content (AvgIpc) is 2.50. The summed E-state index contributed by atoms with van der Waals surface area (Å²) >= 11 is 0. The van der Waals surface area contributed by atoms with E-state index < -0.39 is 53.8 Å². The molecule has 0 amide bonds. The number of nitro groups is 2. The van der Waals surface area contributed by atoms with Gasteiger partial charge in [0.25, 0.3) is 0 Å². The molecule has 0 aromatic carbocycles. The highest BCUT2D eigenvalue weighted by Gasteiger charge is 2.59. The van der Waals surface area contributed by atoms with E-state index in [-0.39, 0.29) is 0 Å². The third kappa shape index (κ3) is 6.11. The van der Waals surface area contributed by atoms with Crippen molar-refractivity contribution in [3.8, 4) is 0 Å². The Balaban J connectivity index is 5.03. The van der Waals surface area contributed by atoms with Crippen molar-refractivity contribution in [2.24, 2.45) is 10.2 Å². The van der Waals surface area contributed by atoms with E-state index >= 15 is 0 Å². The Morgan fingerprint density at radius 1 is 0.957 bits per heavy atom. The second kappa shape index (κ2) is 9.32. The lowest BCUT2D eigenvalue weighted by Gasteiger charge is -2.16. The molecule has 0 aliphatic rings. The molecule has 0 heterocycles. The number of hydrogen-bond donors (Lipinski definition) is 0. The fourth-order valence-corrected chi connectivity index (χ4v) is 0.981. The molecular formula is C7H8N8O8. The Bertz CT molecular complexity index is 539. The van der Waals surface area contributed by atoms with Crippen LogP contribution in [0.2, 0.25) is 0 Å². The zero-order chi connectivity index (χ0) is 17.9. The van der Waals surface area contributed by atoms with Crippen molar-refractivity contribution in [2.45, 2.75) is 5.66 Å². The summed E-state index contributed by atoms with van der Waals surface area (Å²) in [4.78, 5) is 45.7. The van der Waals surface area contributed by atoms with E-state index in [1.54, 1.807) is 0 Å². The van der Waals surface area contributed by atoms with Crippen molar-refractivity contribution in [3.05, 3.63) is 41.1 Å². The normalized spacial score (nSPS) is 9.74. The van der Waals surface area contributed by atoms with Crippen LogP contribution in [0.5, 0.6) is 0 Å². The van der Waals surface area contributed by atoms with E-state index in [2.05, 4.69) is 29.5 Å². The van der Waals surface area contributed by atoms with E-state index in [4.69, 9.17) is 11.1 Å². The number of carbonyl (C=O) groups is 2. The van der Waals surface area contributed by atoms with Crippen LogP contribution < -0.4 is 0 Å². The minimum absolute atomic E-state index is 0.835. The molecule has 0 bridgehead atoms. The first-order valence-corrected chi connectivity index (χ1v) is 5.42. The molecule has 16 nitrogen and oxygen atoms in total. The lowest BCUT2D eigenvalue weighted by molar-refractivity contribution is -0.799. The first-order chi connectivity index (χ1) is 10.8. The molecule has 0 fully saturated rings. The van der Waals surface area contributed by atoms with E-state index in [0.717, 1.165) is 0 Å². The third-order valence-electron chi connectivity index (χ3n) is 2.13. The molecule has 0 atom stereocenters. The minimum Gasteiger partial charge on any atom is -0.450 e. The van der Waals surface area contributed by atoms with Crippen molar-refractivity contribution >= 4 is 11.9 Å². The molecule has 0 saturated heterocycles. The van der Waals surface area contributed by atoms with Gasteiger partial charge in [0.2, 0.25) is 13.2 Å². The van der Waals surface area contributed by atoms with Crippen molar-refractivity contribution in [1.29, 1.82) is 0 Å². The van der Waals surface area contributed by atoms with Crippen LogP contribution in [0.4, 0.5) is 0 Å². The molecule has 0 rings (SSSR count). The summed E-state index contributed by atoms with van der Waals surface area (Å²) in [5.74, 6) is -2.51. The van der Waals surface area contributed by atoms with Gasteiger partial charge < -0.3 is 9.47 Å². The van der Waals surface area contributed by atoms with Gasteiger partial charge in [-0.1, -0.05) is 10.2 Å². The summed E-state index contributed by atoms with van der Waals surface area (Å²) in [7, 11) is 0. The van der Waals surface area contributed by atoms with Gasteiger partial charge in [0.1, 0.15) is 22.9 Å². The molecule has 0 aliphatic carbocycles. The van der Waals surface area contributed by atoms with Crippen LogP contribution in [0, 0.1) is 20.2 Å². The molecule has 0 aliphatic heterocycles. The summed E-state index contributed by atoms with van der Waals surface area (Å²) in [6, 6.07) is 0. The summed E-state index contributed by atoms with van der Waals surface area (Å²) in [6.45, 7) is -4.42. The van der Waals surface area contributed by atoms with Crippen LogP contribution in [-0.4, -0.2) is 53.8 Å². The van der Waals surface area contributed by atoms with Gasteiger partial charge in [-0.05, 0) is 11.1 Å². The highest BCUT2D eigenvalue weighted by molar-refractivity contribution is 5.72. The highest BCUT2D eigenvalue weighted by Crippen LogP contribution is 2.13. The first kappa shape index (κ1) is 19.4. The van der Waals surface area contributed by atoms with Gasteiger partial charge >= 0.3 is 17.6 Å². The van der Waals surface area contributed by atoms with Crippen molar-refractivity contribution in [3.63, 3.8) is 0 Å². The zero-order valence-electron chi connectivity index (χ0n) is 11.2. The van der Waals surface area contributed by atoms with Crippen LogP contribution in [0.15, 0.2) is 10.2 Å². The van der Waals surface area contributed by atoms with Crippen LogP contribution >= 0.6 is 0 Å². The molecule has 0 saturated carbocycles. The summed E-state index contributed by atoms with van der Waals surface area (Å²) in [6.07, 6.45) is 0. The smallest absolute Gasteiger partial charge is 0.450 e. The maximum Gasteiger partial charge on any atom is 0.523 e. The van der Waals surface area contributed by atoms with Gasteiger partial charge in [0.05, 0.1) is 0 Å². The number of esters is 2. The van der Waals surface area contributed by atoms with Crippen LogP contribution in [0.1, 0.15) is 0 Å². The second-order valence-corrected chi connectivity index (χ2v) is 3.60. The first-order valence-electron chi connectivity index (χ1n) is 5.42. The molecular weight excluding hydrogens is 324 g/mol. The van der Waals surface area contributed by atoms with Crippen molar-refractivity contribution in [1.82, 2.24) is 0 Å². The Morgan fingerprint density at radius 2 is 1.30 bits per heavy atom.